The van der Waals surface area contributed by atoms with Crippen LogP contribution in [0.25, 0.3) is 5.76 Å². The van der Waals surface area contributed by atoms with Gasteiger partial charge in [-0.05, 0) is 129 Å². The molecule has 0 fully saturated rings. The number of ether oxygens (including phenoxy) is 4. The Balaban J connectivity index is 1.22. The molecule has 0 aliphatic carbocycles. The van der Waals surface area contributed by atoms with E-state index in [-0.39, 0.29) is 5.97 Å². The molecule has 0 aliphatic heterocycles. The van der Waals surface area contributed by atoms with Gasteiger partial charge in [0.1, 0.15) is 23.0 Å². The van der Waals surface area contributed by atoms with Crippen LogP contribution in [0.4, 0.5) is 0 Å². The molecule has 5 nitrogen and oxygen atoms in total. The van der Waals surface area contributed by atoms with Gasteiger partial charge in [0.2, 0.25) is 0 Å². The fraction of sp³-hybridized carbons (Fsp3) is 0.136. The third-order valence-corrected chi connectivity index (χ3v) is 6.99. The van der Waals surface area contributed by atoms with E-state index in [0.717, 1.165) is 59.3 Å². The van der Waals surface area contributed by atoms with Crippen LogP contribution in [0.15, 0.2) is 147 Å². The zero-order valence-electron chi connectivity index (χ0n) is 27.5. The molecular weight excluding hydrogens is 608 g/mol. The number of carbonyl (C=O) groups excluding carboxylic acids is 1. The maximum absolute atomic E-state index is 11.0. The van der Waals surface area contributed by atoms with E-state index >= 15 is 0 Å². The summed E-state index contributed by atoms with van der Waals surface area (Å²) in [6.45, 7) is 15.6. The second kappa shape index (κ2) is 19.3. The third kappa shape index (κ3) is 12.4. The van der Waals surface area contributed by atoms with Gasteiger partial charge in [-0.2, -0.15) is 0 Å². The first-order valence-electron chi connectivity index (χ1n) is 15.9. The first-order chi connectivity index (χ1) is 23.9. The molecule has 0 saturated carbocycles. The molecule has 5 heteroatoms. The molecule has 0 spiro atoms. The van der Waals surface area contributed by atoms with Crippen molar-refractivity contribution >= 4 is 11.7 Å². The lowest BCUT2D eigenvalue weighted by molar-refractivity contribution is -0.137. The lowest BCUT2D eigenvalue weighted by atomic mass is 10.1. The Kier molecular flexibility index (Phi) is 14.0. The van der Waals surface area contributed by atoms with E-state index in [9.17, 15) is 4.79 Å². The molecule has 0 heterocycles. The highest BCUT2D eigenvalue weighted by Gasteiger charge is 2.06. The van der Waals surface area contributed by atoms with Crippen LogP contribution in [-0.2, 0) is 9.53 Å². The molecule has 0 aromatic heterocycles. The Labute approximate surface area is 289 Å². The topological polar surface area (TPSA) is 54.0 Å². The zero-order chi connectivity index (χ0) is 34.7. The molecule has 0 bridgehead atoms. The number of rotatable bonds is 15. The number of benzene rings is 4. The molecule has 4 aromatic carbocycles. The second-order valence-electron chi connectivity index (χ2n) is 10.7. The fourth-order valence-corrected chi connectivity index (χ4v) is 4.33. The van der Waals surface area contributed by atoms with Crippen molar-refractivity contribution in [2.45, 2.75) is 25.7 Å². The van der Waals surface area contributed by atoms with Crippen LogP contribution in [-0.4, -0.2) is 19.2 Å². The molecule has 0 unspecified atom stereocenters. The summed E-state index contributed by atoms with van der Waals surface area (Å²) in [5.74, 6) is 15.5. The fourth-order valence-electron chi connectivity index (χ4n) is 4.33. The van der Waals surface area contributed by atoms with Gasteiger partial charge in [0.25, 0.3) is 0 Å². The molecular formula is C44H38O5. The second-order valence-corrected chi connectivity index (χ2v) is 10.7. The Bertz CT molecular complexity index is 1900. The molecule has 0 aliphatic rings. The molecule has 4 rings (SSSR count). The smallest absolute Gasteiger partial charge is 0.330 e. The normalized spacial score (nSPS) is 9.71. The van der Waals surface area contributed by atoms with E-state index in [0.29, 0.717) is 36.2 Å². The van der Waals surface area contributed by atoms with Gasteiger partial charge in [-0.15, -0.1) is 0 Å². The molecule has 49 heavy (non-hydrogen) atoms. The average molecular weight is 647 g/mol. The number of hydrogen-bond donors (Lipinski definition) is 0. The standard InChI is InChI=1S/C44H38O5/c1-5-34(4)48-41-26-20-37(21-27-41)18-16-35-12-14-36(15-13-35)17-19-38-22-28-42(29-23-38)49-43(6-2)39-24-30-40(31-25-39)46-32-10-8-9-11-33-47-44(45)7-3/h5,7,12-15,20-31H,1-4,8-11,32-33H2. The Hall–Kier alpha value is -6.39. The van der Waals surface area contributed by atoms with Crippen molar-refractivity contribution in [2.24, 2.45) is 0 Å². The van der Waals surface area contributed by atoms with Crippen molar-refractivity contribution in [1.82, 2.24) is 0 Å². The van der Waals surface area contributed by atoms with Crippen LogP contribution >= 0.6 is 0 Å². The SMILES string of the molecule is C=C=C(Oc1ccc(C#Cc2ccc(C#Cc3ccc(OC(=C)C=C)cc3)cc2)cc1)c1ccc(OCCCCCCOC(=O)C=C)cc1. The molecule has 0 amide bonds. The van der Waals surface area contributed by atoms with Gasteiger partial charge >= 0.3 is 5.97 Å². The third-order valence-electron chi connectivity index (χ3n) is 6.99. The van der Waals surface area contributed by atoms with E-state index in [1.807, 2.05) is 97.1 Å². The van der Waals surface area contributed by atoms with Crippen LogP contribution in [0.3, 0.4) is 0 Å². The summed E-state index contributed by atoms with van der Waals surface area (Å²) in [6, 6.07) is 30.5. The number of esters is 1. The number of carbonyl (C=O) groups is 1. The van der Waals surface area contributed by atoms with Gasteiger partial charge < -0.3 is 18.9 Å². The summed E-state index contributed by atoms with van der Waals surface area (Å²) in [5.41, 5.74) is 7.26. The summed E-state index contributed by atoms with van der Waals surface area (Å²) < 4.78 is 22.4. The number of unbranched alkanes of at least 4 members (excludes halogenated alkanes) is 3. The predicted molar refractivity (Wildman–Crippen MR) is 196 cm³/mol. The van der Waals surface area contributed by atoms with Crippen molar-refractivity contribution in [3.05, 3.63) is 175 Å². The van der Waals surface area contributed by atoms with E-state index in [4.69, 9.17) is 18.9 Å². The number of hydrogen-bond acceptors (Lipinski definition) is 5. The van der Waals surface area contributed by atoms with Crippen molar-refractivity contribution < 1.29 is 23.7 Å². The van der Waals surface area contributed by atoms with Gasteiger partial charge in [0.05, 0.1) is 13.2 Å². The van der Waals surface area contributed by atoms with E-state index in [2.05, 4.69) is 55.7 Å². The minimum absolute atomic E-state index is 0.379. The first kappa shape index (κ1) is 35.5. The molecule has 0 radical (unpaired) electrons. The Morgan fingerprint density at radius 1 is 0.571 bits per heavy atom. The van der Waals surface area contributed by atoms with E-state index in [1.54, 1.807) is 6.08 Å². The van der Waals surface area contributed by atoms with Crippen molar-refractivity contribution in [3.63, 3.8) is 0 Å². The van der Waals surface area contributed by atoms with Crippen molar-refractivity contribution in [3.8, 4) is 40.9 Å². The van der Waals surface area contributed by atoms with Gasteiger partial charge in [-0.25, -0.2) is 4.79 Å². The molecule has 0 saturated heterocycles. The highest BCUT2D eigenvalue weighted by Crippen LogP contribution is 2.23. The summed E-state index contributed by atoms with van der Waals surface area (Å²) in [7, 11) is 0. The summed E-state index contributed by atoms with van der Waals surface area (Å²) in [5, 5.41) is 0. The van der Waals surface area contributed by atoms with Gasteiger partial charge in [0, 0.05) is 33.9 Å². The maximum Gasteiger partial charge on any atom is 0.330 e. The lowest BCUT2D eigenvalue weighted by Gasteiger charge is -2.10. The maximum atomic E-state index is 11.0. The minimum atomic E-state index is -0.379. The van der Waals surface area contributed by atoms with Crippen molar-refractivity contribution in [1.29, 1.82) is 0 Å². The Morgan fingerprint density at radius 3 is 1.49 bits per heavy atom. The summed E-state index contributed by atoms with van der Waals surface area (Å²) in [4.78, 5) is 11.0. The van der Waals surface area contributed by atoms with Crippen LogP contribution in [0.5, 0.6) is 17.2 Å². The zero-order valence-corrected chi connectivity index (χ0v) is 27.5. The lowest BCUT2D eigenvalue weighted by Crippen LogP contribution is -2.02. The molecule has 4 aromatic rings. The van der Waals surface area contributed by atoms with Crippen molar-refractivity contribution in [2.75, 3.05) is 13.2 Å². The summed E-state index contributed by atoms with van der Waals surface area (Å²) in [6.07, 6.45) is 6.46. The predicted octanol–water partition coefficient (Wildman–Crippen LogP) is 9.44. The summed E-state index contributed by atoms with van der Waals surface area (Å²) >= 11 is 0. The molecule has 244 valence electrons. The largest absolute Gasteiger partial charge is 0.494 e. The van der Waals surface area contributed by atoms with Gasteiger partial charge in [0.15, 0.2) is 5.76 Å². The highest BCUT2D eigenvalue weighted by molar-refractivity contribution is 5.81. The van der Waals surface area contributed by atoms with Crippen LogP contribution in [0, 0.1) is 23.7 Å². The Morgan fingerprint density at radius 2 is 1.02 bits per heavy atom. The van der Waals surface area contributed by atoms with Gasteiger partial charge in [-0.1, -0.05) is 55.7 Å². The quantitative estimate of drug-likeness (QED) is 0.0245. The average Bonchev–Trinajstić information content (AvgIpc) is 3.14. The van der Waals surface area contributed by atoms with Crippen LogP contribution in [0.2, 0.25) is 0 Å². The van der Waals surface area contributed by atoms with Gasteiger partial charge in [-0.3, -0.25) is 0 Å². The van der Waals surface area contributed by atoms with Crippen LogP contribution < -0.4 is 14.2 Å². The van der Waals surface area contributed by atoms with Crippen LogP contribution in [0.1, 0.15) is 53.5 Å². The minimum Gasteiger partial charge on any atom is -0.494 e. The van der Waals surface area contributed by atoms with E-state index in [1.165, 1.54) is 6.08 Å². The highest BCUT2D eigenvalue weighted by atomic mass is 16.5. The monoisotopic (exact) mass is 646 g/mol. The number of allylic oxidation sites excluding steroid dienone is 1. The first-order valence-corrected chi connectivity index (χ1v) is 15.9. The molecule has 0 atom stereocenters. The molecule has 0 N–H and O–H groups in total. The van der Waals surface area contributed by atoms with E-state index < -0.39 is 0 Å².